The van der Waals surface area contributed by atoms with Crippen LogP contribution >= 0.6 is 11.6 Å². The SMILES string of the molecule is Cc1occc1C(=O)O[NH+]=C(N)c1ccc(Cl)cc1. The zero-order valence-electron chi connectivity index (χ0n) is 10.1. The first-order valence-electron chi connectivity index (χ1n) is 5.47. The first-order chi connectivity index (χ1) is 9.08. The molecule has 6 heteroatoms. The van der Waals surface area contributed by atoms with Crippen molar-refractivity contribution in [2.45, 2.75) is 6.92 Å². The Morgan fingerprint density at radius 2 is 2.00 bits per heavy atom. The van der Waals surface area contributed by atoms with Gasteiger partial charge in [0.1, 0.15) is 11.3 Å². The molecule has 2 rings (SSSR count). The molecule has 2 aromatic rings. The molecule has 0 aliphatic rings. The molecule has 0 amide bonds. The molecule has 19 heavy (non-hydrogen) atoms. The van der Waals surface area contributed by atoms with Gasteiger partial charge in [-0.15, -0.1) is 0 Å². The number of benzene rings is 1. The van der Waals surface area contributed by atoms with E-state index < -0.39 is 5.97 Å². The van der Waals surface area contributed by atoms with Gasteiger partial charge in [0, 0.05) is 5.02 Å². The minimum absolute atomic E-state index is 0.214. The van der Waals surface area contributed by atoms with Gasteiger partial charge in [-0.25, -0.2) is 4.79 Å². The van der Waals surface area contributed by atoms with E-state index in [1.54, 1.807) is 31.2 Å². The molecule has 0 radical (unpaired) electrons. The average molecular weight is 280 g/mol. The number of hydrogen-bond donors (Lipinski definition) is 2. The van der Waals surface area contributed by atoms with Crippen LogP contribution in [0.3, 0.4) is 0 Å². The van der Waals surface area contributed by atoms with E-state index in [2.05, 4.69) is 5.16 Å². The molecule has 0 saturated carbocycles. The Hall–Kier alpha value is -2.27. The third-order valence-corrected chi connectivity index (χ3v) is 2.74. The first kappa shape index (κ1) is 13.2. The number of carbonyl (C=O) groups is 1. The van der Waals surface area contributed by atoms with Gasteiger partial charge in [-0.05, 0) is 37.3 Å². The third-order valence-electron chi connectivity index (χ3n) is 2.49. The molecule has 0 fully saturated rings. The highest BCUT2D eigenvalue weighted by Gasteiger charge is 2.15. The highest BCUT2D eigenvalue weighted by atomic mass is 35.5. The second kappa shape index (κ2) is 5.58. The molecule has 1 aromatic heterocycles. The molecule has 0 saturated heterocycles. The van der Waals surface area contributed by atoms with E-state index in [9.17, 15) is 4.79 Å². The normalized spacial score (nSPS) is 11.4. The number of nitrogens with two attached hydrogens (primary N) is 1. The Morgan fingerprint density at radius 1 is 1.32 bits per heavy atom. The second-order valence-electron chi connectivity index (χ2n) is 3.80. The van der Waals surface area contributed by atoms with Gasteiger partial charge in [0.05, 0.1) is 11.8 Å². The van der Waals surface area contributed by atoms with E-state index in [4.69, 9.17) is 26.6 Å². The Kier molecular flexibility index (Phi) is 3.87. The molecule has 1 aromatic carbocycles. The predicted molar refractivity (Wildman–Crippen MR) is 69.6 cm³/mol. The Morgan fingerprint density at radius 3 is 2.58 bits per heavy atom. The molecule has 0 atom stereocenters. The average Bonchev–Trinajstić information content (AvgIpc) is 2.83. The lowest BCUT2D eigenvalue weighted by molar-refractivity contribution is -0.721. The molecule has 0 bridgehead atoms. The van der Waals surface area contributed by atoms with E-state index in [0.29, 0.717) is 21.9 Å². The highest BCUT2D eigenvalue weighted by molar-refractivity contribution is 6.30. The van der Waals surface area contributed by atoms with Crippen LogP contribution in [0.1, 0.15) is 21.7 Å². The van der Waals surface area contributed by atoms with Crippen LogP contribution in [0.15, 0.2) is 41.0 Å². The Bertz CT molecular complexity index is 617. The van der Waals surface area contributed by atoms with E-state index >= 15 is 0 Å². The number of nitrogen functional groups attached to an aromatic ring is 1. The van der Waals surface area contributed by atoms with Crippen LogP contribution in [-0.2, 0) is 4.84 Å². The minimum Gasteiger partial charge on any atom is -0.469 e. The zero-order chi connectivity index (χ0) is 13.8. The van der Waals surface area contributed by atoms with Gasteiger partial charge < -0.3 is 4.42 Å². The van der Waals surface area contributed by atoms with Crippen LogP contribution in [0, 0.1) is 6.92 Å². The summed E-state index contributed by atoms with van der Waals surface area (Å²) in [6.07, 6.45) is 1.41. The molecule has 98 valence electrons. The van der Waals surface area contributed by atoms with Crippen molar-refractivity contribution in [3.05, 3.63) is 58.5 Å². The lowest BCUT2D eigenvalue weighted by Gasteiger charge is -1.97. The smallest absolute Gasteiger partial charge is 0.391 e. The molecule has 3 N–H and O–H groups in total. The number of halogens is 1. The van der Waals surface area contributed by atoms with Crippen molar-refractivity contribution in [1.82, 2.24) is 0 Å². The molecular weight excluding hydrogens is 268 g/mol. The molecule has 0 spiro atoms. The van der Waals surface area contributed by atoms with Crippen LogP contribution in [0.25, 0.3) is 0 Å². The van der Waals surface area contributed by atoms with Crippen molar-refractivity contribution in [2.75, 3.05) is 0 Å². The fourth-order valence-electron chi connectivity index (χ4n) is 1.44. The van der Waals surface area contributed by atoms with Gasteiger partial charge >= 0.3 is 11.8 Å². The van der Waals surface area contributed by atoms with Crippen LogP contribution < -0.4 is 10.9 Å². The summed E-state index contributed by atoms with van der Waals surface area (Å²) in [4.78, 5) is 16.6. The number of furan rings is 1. The Labute approximate surface area is 114 Å². The quantitative estimate of drug-likeness (QED) is 0.377. The predicted octanol–water partition coefficient (Wildman–Crippen LogP) is 0.799. The van der Waals surface area contributed by atoms with Gasteiger partial charge in [0.25, 0.3) is 0 Å². The summed E-state index contributed by atoms with van der Waals surface area (Å²) in [7, 11) is 0. The van der Waals surface area contributed by atoms with Crippen molar-refractivity contribution in [3.8, 4) is 0 Å². The van der Waals surface area contributed by atoms with Crippen LogP contribution in [0.2, 0.25) is 5.02 Å². The molecular formula is C13H12ClN2O3+. The fraction of sp³-hybridized carbons (Fsp3) is 0.0769. The van der Waals surface area contributed by atoms with Crippen LogP contribution in [0.5, 0.6) is 0 Å². The van der Waals surface area contributed by atoms with E-state index in [0.717, 1.165) is 0 Å². The van der Waals surface area contributed by atoms with Gasteiger partial charge in [-0.1, -0.05) is 16.8 Å². The van der Waals surface area contributed by atoms with Gasteiger partial charge in [0.2, 0.25) is 0 Å². The number of carbonyl (C=O) groups excluding carboxylic acids is 1. The molecule has 1 heterocycles. The second-order valence-corrected chi connectivity index (χ2v) is 4.24. The summed E-state index contributed by atoms with van der Waals surface area (Å²) in [6.45, 7) is 1.67. The minimum atomic E-state index is -0.567. The number of amidine groups is 1. The van der Waals surface area contributed by atoms with Crippen molar-refractivity contribution in [3.63, 3.8) is 0 Å². The fourth-order valence-corrected chi connectivity index (χ4v) is 1.57. The zero-order valence-corrected chi connectivity index (χ0v) is 10.9. The summed E-state index contributed by atoms with van der Waals surface area (Å²) in [5.74, 6) is 0.131. The number of hydrogen-bond acceptors (Lipinski definition) is 3. The van der Waals surface area contributed by atoms with Gasteiger partial charge in [0.15, 0.2) is 0 Å². The standard InChI is InChI=1S/C13H11ClN2O3/c1-8-11(6-7-18-8)13(17)19-16-12(15)9-2-4-10(14)5-3-9/h2-7H,1H3,(H2,15,16)/p+1. The molecule has 0 aliphatic carbocycles. The molecule has 5 nitrogen and oxygen atoms in total. The number of aryl methyl sites for hydroxylation is 1. The Balaban J connectivity index is 2.08. The van der Waals surface area contributed by atoms with Crippen molar-refractivity contribution < 1.29 is 19.2 Å². The van der Waals surface area contributed by atoms with E-state index in [-0.39, 0.29) is 5.84 Å². The van der Waals surface area contributed by atoms with Crippen molar-refractivity contribution in [1.29, 1.82) is 0 Å². The van der Waals surface area contributed by atoms with Crippen LogP contribution in [0.4, 0.5) is 0 Å². The summed E-state index contributed by atoms with van der Waals surface area (Å²) < 4.78 is 5.01. The maximum absolute atomic E-state index is 11.7. The number of nitrogens with one attached hydrogen (secondary N) is 1. The lowest BCUT2D eigenvalue weighted by Crippen LogP contribution is -2.75. The van der Waals surface area contributed by atoms with Gasteiger partial charge in [-0.3, -0.25) is 10.6 Å². The largest absolute Gasteiger partial charge is 0.469 e. The summed E-state index contributed by atoms with van der Waals surface area (Å²) in [5, 5.41) is 2.99. The summed E-state index contributed by atoms with van der Waals surface area (Å²) in [6, 6.07) is 8.32. The topological polar surface area (TPSA) is 79.4 Å². The monoisotopic (exact) mass is 279 g/mol. The third kappa shape index (κ3) is 3.14. The molecule has 0 unspecified atom stereocenters. The van der Waals surface area contributed by atoms with Crippen LogP contribution in [-0.4, -0.2) is 11.8 Å². The van der Waals surface area contributed by atoms with E-state index in [1.807, 2.05) is 0 Å². The van der Waals surface area contributed by atoms with Crippen molar-refractivity contribution >= 4 is 23.4 Å². The maximum atomic E-state index is 11.7. The lowest BCUT2D eigenvalue weighted by atomic mass is 10.2. The highest BCUT2D eigenvalue weighted by Crippen LogP contribution is 2.09. The summed E-state index contributed by atoms with van der Waals surface area (Å²) >= 11 is 5.76. The summed E-state index contributed by atoms with van der Waals surface area (Å²) in [5.41, 5.74) is 6.76. The maximum Gasteiger partial charge on any atom is 0.391 e. The first-order valence-corrected chi connectivity index (χ1v) is 5.85. The van der Waals surface area contributed by atoms with Gasteiger partial charge in [-0.2, -0.15) is 0 Å². The van der Waals surface area contributed by atoms with Crippen molar-refractivity contribution in [2.24, 2.45) is 5.73 Å². The molecule has 0 aliphatic heterocycles. The number of rotatable bonds is 3. The van der Waals surface area contributed by atoms with E-state index in [1.165, 1.54) is 12.3 Å².